The molecule has 1 amide bonds. The van der Waals surface area contributed by atoms with Crippen molar-refractivity contribution in [3.05, 3.63) is 24.0 Å². The van der Waals surface area contributed by atoms with Crippen LogP contribution < -0.4 is 5.32 Å². The van der Waals surface area contributed by atoms with Crippen LogP contribution in [-0.2, 0) is 19.1 Å². The predicted molar refractivity (Wildman–Crippen MR) is 246 cm³/mol. The van der Waals surface area contributed by atoms with Crippen LogP contribution in [-0.4, -0.2) is 77.8 Å². The molecule has 1 rings (SSSR count). The highest BCUT2D eigenvalue weighted by Gasteiger charge is 2.16. The van der Waals surface area contributed by atoms with Gasteiger partial charge in [-0.1, -0.05) is 137 Å². The zero-order valence-corrected chi connectivity index (χ0v) is 38.9. The summed E-state index contributed by atoms with van der Waals surface area (Å²) in [6.45, 7) is 12.5. The number of esters is 2. The number of H-pyrrole nitrogens is 1. The Bertz CT molecular complexity index is 1080. The summed E-state index contributed by atoms with van der Waals surface area (Å²) in [7, 11) is 0. The molecule has 3 N–H and O–H groups in total. The summed E-state index contributed by atoms with van der Waals surface area (Å²) in [4.78, 5) is 42.7. The summed E-state index contributed by atoms with van der Waals surface area (Å²) in [5.74, 6) is 0.302. The maximum absolute atomic E-state index is 12.9. The lowest BCUT2D eigenvalue weighted by molar-refractivity contribution is -0.150. The number of aliphatic hydroxyl groups excluding tert-OH is 1. The SMILES string of the molecule is CCCCCCCCC(CCCCCCCC)OC(=O)CCCCCCCN(CCCCCC(=O)OCC(CC)CCCC)CC(O)CCCCNC(=O)c1cc[nH]c1. The fourth-order valence-corrected chi connectivity index (χ4v) is 7.87. The van der Waals surface area contributed by atoms with Crippen LogP contribution in [0.15, 0.2) is 18.5 Å². The number of hydrogen-bond donors (Lipinski definition) is 3. The number of aromatic amines is 1. The van der Waals surface area contributed by atoms with Gasteiger partial charge in [-0.05, 0) is 102 Å². The molecule has 344 valence electrons. The molecule has 0 aliphatic heterocycles. The molecule has 0 radical (unpaired) electrons. The van der Waals surface area contributed by atoms with Crippen LogP contribution in [0.2, 0.25) is 0 Å². The number of aromatic nitrogens is 1. The highest BCUT2D eigenvalue weighted by molar-refractivity contribution is 5.93. The van der Waals surface area contributed by atoms with Crippen molar-refractivity contribution >= 4 is 17.8 Å². The van der Waals surface area contributed by atoms with Gasteiger partial charge in [0.2, 0.25) is 0 Å². The molecule has 0 bridgehead atoms. The number of aliphatic hydroxyl groups is 1. The van der Waals surface area contributed by atoms with Crippen LogP contribution in [0.25, 0.3) is 0 Å². The monoisotopic (exact) mass is 832 g/mol. The van der Waals surface area contributed by atoms with E-state index >= 15 is 0 Å². The number of amides is 1. The predicted octanol–water partition coefficient (Wildman–Crippen LogP) is 12.7. The van der Waals surface area contributed by atoms with Gasteiger partial charge >= 0.3 is 11.9 Å². The van der Waals surface area contributed by atoms with E-state index in [2.05, 4.69) is 42.9 Å². The first-order valence-corrected chi connectivity index (χ1v) is 25.0. The van der Waals surface area contributed by atoms with Gasteiger partial charge in [-0.3, -0.25) is 14.4 Å². The van der Waals surface area contributed by atoms with Gasteiger partial charge in [0, 0.05) is 38.3 Å². The first-order valence-electron chi connectivity index (χ1n) is 25.0. The van der Waals surface area contributed by atoms with E-state index in [9.17, 15) is 19.5 Å². The van der Waals surface area contributed by atoms with Crippen molar-refractivity contribution in [3.63, 3.8) is 0 Å². The lowest BCUT2D eigenvalue weighted by Gasteiger charge is -2.25. The van der Waals surface area contributed by atoms with Crippen molar-refractivity contribution in [2.45, 2.75) is 239 Å². The van der Waals surface area contributed by atoms with Crippen LogP contribution in [0, 0.1) is 5.92 Å². The maximum Gasteiger partial charge on any atom is 0.306 e. The average Bonchev–Trinajstić information content (AvgIpc) is 3.78. The molecular weight excluding hydrogens is 739 g/mol. The van der Waals surface area contributed by atoms with Crippen LogP contribution in [0.3, 0.4) is 0 Å². The molecule has 9 heteroatoms. The topological polar surface area (TPSA) is 121 Å². The second kappa shape index (κ2) is 39.7. The van der Waals surface area contributed by atoms with E-state index in [0.717, 1.165) is 116 Å². The maximum atomic E-state index is 12.9. The van der Waals surface area contributed by atoms with E-state index in [-0.39, 0.29) is 23.9 Å². The Balaban J connectivity index is 2.44. The molecule has 2 atom stereocenters. The van der Waals surface area contributed by atoms with Gasteiger partial charge in [-0.25, -0.2) is 0 Å². The first kappa shape index (κ1) is 54.6. The van der Waals surface area contributed by atoms with Crippen LogP contribution in [0.5, 0.6) is 0 Å². The molecule has 0 spiro atoms. The fraction of sp³-hybridized carbons (Fsp3) is 0.860. The molecule has 0 aromatic carbocycles. The Kier molecular flexibility index (Phi) is 36.8. The summed E-state index contributed by atoms with van der Waals surface area (Å²) in [6.07, 6.45) is 36.2. The van der Waals surface area contributed by atoms with Crippen molar-refractivity contribution < 1.29 is 29.0 Å². The molecule has 1 aromatic heterocycles. The van der Waals surface area contributed by atoms with Crippen molar-refractivity contribution in [1.29, 1.82) is 0 Å². The molecule has 1 aromatic rings. The van der Waals surface area contributed by atoms with Crippen molar-refractivity contribution in [2.24, 2.45) is 5.92 Å². The minimum absolute atomic E-state index is 0.0134. The van der Waals surface area contributed by atoms with E-state index in [0.29, 0.717) is 50.4 Å². The highest BCUT2D eigenvalue weighted by Crippen LogP contribution is 2.19. The van der Waals surface area contributed by atoms with Gasteiger partial charge < -0.3 is 29.8 Å². The molecule has 2 unspecified atom stereocenters. The Morgan fingerprint density at radius 1 is 0.644 bits per heavy atom. The van der Waals surface area contributed by atoms with Gasteiger partial charge in [-0.2, -0.15) is 0 Å². The van der Waals surface area contributed by atoms with E-state index in [1.807, 2.05) is 0 Å². The van der Waals surface area contributed by atoms with Gasteiger partial charge in [-0.15, -0.1) is 0 Å². The third kappa shape index (κ3) is 33.0. The van der Waals surface area contributed by atoms with E-state index in [4.69, 9.17) is 9.47 Å². The van der Waals surface area contributed by atoms with E-state index < -0.39 is 6.10 Å². The van der Waals surface area contributed by atoms with Gasteiger partial charge in [0.15, 0.2) is 0 Å². The largest absolute Gasteiger partial charge is 0.465 e. The Labute approximate surface area is 362 Å². The summed E-state index contributed by atoms with van der Waals surface area (Å²) in [6, 6.07) is 1.76. The van der Waals surface area contributed by atoms with Crippen LogP contribution in [0.1, 0.15) is 237 Å². The number of rotatable bonds is 43. The number of carbonyl (C=O) groups is 3. The van der Waals surface area contributed by atoms with Crippen molar-refractivity contribution in [1.82, 2.24) is 15.2 Å². The zero-order valence-electron chi connectivity index (χ0n) is 38.9. The quantitative estimate of drug-likeness (QED) is 0.0442. The second-order valence-corrected chi connectivity index (χ2v) is 17.5. The van der Waals surface area contributed by atoms with Gasteiger partial charge in [0.1, 0.15) is 6.10 Å². The third-order valence-electron chi connectivity index (χ3n) is 11.9. The first-order chi connectivity index (χ1) is 28.8. The lowest BCUT2D eigenvalue weighted by Crippen LogP contribution is -2.34. The molecule has 59 heavy (non-hydrogen) atoms. The van der Waals surface area contributed by atoms with Gasteiger partial charge in [0.25, 0.3) is 5.91 Å². The molecule has 0 aliphatic carbocycles. The Morgan fingerprint density at radius 3 is 1.78 bits per heavy atom. The van der Waals surface area contributed by atoms with Crippen molar-refractivity contribution in [2.75, 3.05) is 32.8 Å². The molecule has 0 fully saturated rings. The van der Waals surface area contributed by atoms with Gasteiger partial charge in [0.05, 0.1) is 18.3 Å². The summed E-state index contributed by atoms with van der Waals surface area (Å²) >= 11 is 0. The lowest BCUT2D eigenvalue weighted by atomic mass is 10.0. The van der Waals surface area contributed by atoms with Crippen LogP contribution >= 0.6 is 0 Å². The molecular formula is C50H93N3O6. The van der Waals surface area contributed by atoms with Crippen LogP contribution in [0.4, 0.5) is 0 Å². The fourth-order valence-electron chi connectivity index (χ4n) is 7.87. The number of ether oxygens (including phenoxy) is 2. The number of nitrogens with zero attached hydrogens (tertiary/aromatic N) is 1. The summed E-state index contributed by atoms with van der Waals surface area (Å²) in [5.41, 5.74) is 0.633. The second-order valence-electron chi connectivity index (χ2n) is 17.5. The normalized spacial score (nSPS) is 12.6. The minimum atomic E-state index is -0.415. The molecule has 0 aliphatic rings. The number of hydrogen-bond acceptors (Lipinski definition) is 7. The number of unbranched alkanes of at least 4 members (excludes halogenated alkanes) is 18. The third-order valence-corrected chi connectivity index (χ3v) is 11.9. The highest BCUT2D eigenvalue weighted by atomic mass is 16.5. The number of carbonyl (C=O) groups excluding carboxylic acids is 3. The number of nitrogens with one attached hydrogen (secondary N) is 2. The smallest absolute Gasteiger partial charge is 0.306 e. The molecule has 0 saturated carbocycles. The summed E-state index contributed by atoms with van der Waals surface area (Å²) < 4.78 is 11.7. The van der Waals surface area contributed by atoms with E-state index in [1.165, 1.54) is 77.0 Å². The Morgan fingerprint density at radius 2 is 1.19 bits per heavy atom. The van der Waals surface area contributed by atoms with E-state index in [1.54, 1.807) is 18.5 Å². The Hall–Kier alpha value is -2.39. The molecule has 0 saturated heterocycles. The molecule has 9 nitrogen and oxygen atoms in total. The summed E-state index contributed by atoms with van der Waals surface area (Å²) in [5, 5.41) is 13.9. The zero-order chi connectivity index (χ0) is 43.0. The minimum Gasteiger partial charge on any atom is -0.465 e. The standard InChI is InChI=1S/C50H93N3O6/c1-5-9-12-14-17-22-32-47(33-23-18-15-13-10-6-2)59-49(56)35-24-19-16-20-28-39-53(40-29-21-25-34-48(55)58-43-44(8-4)30-11-7-3)42-46(54)31-26-27-37-52-50(57)45-36-38-51-41-45/h36,38,41,44,46-47,51,54H,5-35,37,39-40,42-43H2,1-4H3,(H,52,57). The average molecular weight is 832 g/mol. The molecule has 1 heterocycles. The van der Waals surface area contributed by atoms with Crippen molar-refractivity contribution in [3.8, 4) is 0 Å².